The number of hydrogen-bond acceptors (Lipinski definition) is 7. The molecule has 10 heteroatoms. The summed E-state index contributed by atoms with van der Waals surface area (Å²) in [4.78, 5) is 35.5. The van der Waals surface area contributed by atoms with Crippen LogP contribution in [0.3, 0.4) is 0 Å². The van der Waals surface area contributed by atoms with Gasteiger partial charge in [-0.1, -0.05) is 11.8 Å². The van der Waals surface area contributed by atoms with Crippen molar-refractivity contribution >= 4 is 23.4 Å². The molecule has 0 aliphatic heterocycles. The fourth-order valence-corrected chi connectivity index (χ4v) is 2.65. The minimum absolute atomic E-state index is 0.0807. The van der Waals surface area contributed by atoms with Gasteiger partial charge in [-0.25, -0.2) is 5.48 Å². The number of nitrogens with one attached hydrogen (secondary N) is 4. The Morgan fingerprint density at radius 2 is 1.58 bits per heavy atom. The lowest BCUT2D eigenvalue weighted by Gasteiger charge is -2.14. The number of carbonyl (C=O) groups excluding carboxylic acids is 3. The van der Waals surface area contributed by atoms with E-state index in [1.54, 1.807) is 48.5 Å². The minimum Gasteiger partial charge on any atom is -0.396 e. The SMILES string of the molecule is NC[C@H](NC(=O)c1ccc(C#Cc2ccc(NC(=O)CNCCCO)cc2)cc1)C(=O)NO. The molecule has 2 aromatic rings. The van der Waals surface area contributed by atoms with Crippen molar-refractivity contribution in [2.24, 2.45) is 5.73 Å². The first-order chi connectivity index (χ1) is 16.0. The third kappa shape index (κ3) is 8.72. The second-order valence-corrected chi connectivity index (χ2v) is 6.94. The van der Waals surface area contributed by atoms with Crippen LogP contribution in [0.15, 0.2) is 48.5 Å². The Bertz CT molecular complexity index is 997. The Morgan fingerprint density at radius 3 is 2.12 bits per heavy atom. The molecule has 1 atom stereocenters. The minimum atomic E-state index is -1.04. The van der Waals surface area contributed by atoms with E-state index >= 15 is 0 Å². The monoisotopic (exact) mass is 453 g/mol. The molecule has 0 heterocycles. The molecule has 0 radical (unpaired) electrons. The molecule has 0 aromatic heterocycles. The lowest BCUT2D eigenvalue weighted by Crippen LogP contribution is -2.50. The summed E-state index contributed by atoms with van der Waals surface area (Å²) in [6.07, 6.45) is 0.592. The molecule has 8 N–H and O–H groups in total. The van der Waals surface area contributed by atoms with Crippen molar-refractivity contribution in [3.63, 3.8) is 0 Å². The van der Waals surface area contributed by atoms with Crippen molar-refractivity contribution < 1.29 is 24.7 Å². The van der Waals surface area contributed by atoms with Gasteiger partial charge in [0.05, 0.1) is 6.54 Å². The summed E-state index contributed by atoms with van der Waals surface area (Å²) in [6.45, 7) is 0.652. The zero-order chi connectivity index (χ0) is 24.1. The highest BCUT2D eigenvalue weighted by Crippen LogP contribution is 2.09. The topological polar surface area (TPSA) is 166 Å². The number of nitrogens with two attached hydrogens (primary N) is 1. The average molecular weight is 453 g/mol. The summed E-state index contributed by atoms with van der Waals surface area (Å²) < 4.78 is 0. The molecule has 0 spiro atoms. The standard InChI is InChI=1S/C23H27N5O5/c24-14-20(23(32)28-33)27-22(31)18-8-4-16(5-9-18)2-3-17-6-10-19(11-7-17)26-21(30)15-25-12-1-13-29/h4-11,20,25,29,33H,1,12-15,24H2,(H,26,30)(H,27,31)(H,28,32)/t20-/m0/s1. The quantitative estimate of drug-likeness (QED) is 0.111. The maximum atomic E-state index is 12.2. The number of amides is 3. The Balaban J connectivity index is 1.91. The largest absolute Gasteiger partial charge is 0.396 e. The van der Waals surface area contributed by atoms with Gasteiger partial charge in [-0.15, -0.1) is 0 Å². The number of aliphatic hydroxyl groups is 1. The molecule has 0 unspecified atom stereocenters. The Kier molecular flexibility index (Phi) is 10.5. The highest BCUT2D eigenvalue weighted by atomic mass is 16.5. The normalized spacial score (nSPS) is 11.0. The van der Waals surface area contributed by atoms with Crippen molar-refractivity contribution in [2.75, 3.05) is 31.6 Å². The highest BCUT2D eigenvalue weighted by Gasteiger charge is 2.19. The van der Waals surface area contributed by atoms with E-state index in [1.807, 2.05) is 0 Å². The van der Waals surface area contributed by atoms with E-state index in [2.05, 4.69) is 27.8 Å². The zero-order valence-corrected chi connectivity index (χ0v) is 17.9. The summed E-state index contributed by atoms with van der Waals surface area (Å²) >= 11 is 0. The van der Waals surface area contributed by atoms with Crippen LogP contribution in [-0.4, -0.2) is 60.3 Å². The van der Waals surface area contributed by atoms with Crippen LogP contribution in [0.2, 0.25) is 0 Å². The Labute approximate surface area is 191 Å². The van der Waals surface area contributed by atoms with Gasteiger partial charge in [0.1, 0.15) is 6.04 Å². The molecule has 0 aliphatic carbocycles. The maximum absolute atomic E-state index is 12.2. The molecule has 33 heavy (non-hydrogen) atoms. The number of anilines is 1. The van der Waals surface area contributed by atoms with E-state index in [9.17, 15) is 14.4 Å². The van der Waals surface area contributed by atoms with Gasteiger partial charge in [0.2, 0.25) is 5.91 Å². The van der Waals surface area contributed by atoms with Crippen LogP contribution < -0.4 is 27.2 Å². The molecule has 174 valence electrons. The molecule has 0 saturated carbocycles. The molecule has 0 aliphatic rings. The van der Waals surface area contributed by atoms with Gasteiger partial charge in [-0.3, -0.25) is 19.6 Å². The third-order valence-corrected chi connectivity index (χ3v) is 4.43. The van der Waals surface area contributed by atoms with Gasteiger partial charge in [-0.05, 0) is 61.5 Å². The second-order valence-electron chi connectivity index (χ2n) is 6.94. The number of benzene rings is 2. The molecule has 2 rings (SSSR count). The van der Waals surface area contributed by atoms with E-state index in [1.165, 1.54) is 5.48 Å². The average Bonchev–Trinajstić information content (AvgIpc) is 2.84. The molecule has 0 bridgehead atoms. The van der Waals surface area contributed by atoms with Crippen molar-refractivity contribution in [2.45, 2.75) is 12.5 Å². The summed E-state index contributed by atoms with van der Waals surface area (Å²) in [5.41, 5.74) is 9.27. The molecular weight excluding hydrogens is 426 g/mol. The van der Waals surface area contributed by atoms with Crippen molar-refractivity contribution in [3.05, 3.63) is 65.2 Å². The molecule has 2 aromatic carbocycles. The second kappa shape index (κ2) is 13.6. The first kappa shape index (κ1) is 25.5. The van der Waals surface area contributed by atoms with Gasteiger partial charge >= 0.3 is 0 Å². The van der Waals surface area contributed by atoms with Crippen LogP contribution in [0.5, 0.6) is 0 Å². The fraction of sp³-hybridized carbons (Fsp3) is 0.261. The predicted molar refractivity (Wildman–Crippen MR) is 122 cm³/mol. The molecule has 3 amide bonds. The first-order valence-electron chi connectivity index (χ1n) is 10.2. The van der Waals surface area contributed by atoms with E-state index in [4.69, 9.17) is 16.0 Å². The third-order valence-electron chi connectivity index (χ3n) is 4.43. The summed E-state index contributed by atoms with van der Waals surface area (Å²) in [5.74, 6) is 4.52. The predicted octanol–water partition coefficient (Wildman–Crippen LogP) is -0.441. The molecular formula is C23H27N5O5. The lowest BCUT2D eigenvalue weighted by atomic mass is 10.1. The number of rotatable bonds is 10. The van der Waals surface area contributed by atoms with E-state index in [0.29, 0.717) is 29.8 Å². The van der Waals surface area contributed by atoms with Crippen LogP contribution in [-0.2, 0) is 9.59 Å². The Morgan fingerprint density at radius 1 is 0.970 bits per heavy atom. The van der Waals surface area contributed by atoms with Crippen LogP contribution >= 0.6 is 0 Å². The Hall–Kier alpha value is -3.75. The summed E-state index contributed by atoms with van der Waals surface area (Å²) in [7, 11) is 0. The number of aliphatic hydroxyl groups excluding tert-OH is 1. The van der Waals surface area contributed by atoms with Gasteiger partial charge < -0.3 is 26.8 Å². The van der Waals surface area contributed by atoms with Gasteiger partial charge in [0.15, 0.2) is 0 Å². The van der Waals surface area contributed by atoms with Crippen molar-refractivity contribution in [1.82, 2.24) is 16.1 Å². The zero-order valence-electron chi connectivity index (χ0n) is 17.9. The molecule has 0 saturated heterocycles. The van der Waals surface area contributed by atoms with Crippen LogP contribution in [0, 0.1) is 11.8 Å². The van der Waals surface area contributed by atoms with Crippen LogP contribution in [0.4, 0.5) is 5.69 Å². The van der Waals surface area contributed by atoms with Gasteiger partial charge in [-0.2, -0.15) is 0 Å². The summed E-state index contributed by atoms with van der Waals surface area (Å²) in [5, 5.41) is 25.5. The lowest BCUT2D eigenvalue weighted by molar-refractivity contribution is -0.130. The van der Waals surface area contributed by atoms with Crippen molar-refractivity contribution in [1.29, 1.82) is 0 Å². The summed E-state index contributed by atoms with van der Waals surface area (Å²) in [6, 6.07) is 12.5. The van der Waals surface area contributed by atoms with E-state index in [0.717, 1.165) is 5.56 Å². The van der Waals surface area contributed by atoms with Crippen LogP contribution in [0.25, 0.3) is 0 Å². The van der Waals surface area contributed by atoms with Gasteiger partial charge in [0, 0.05) is 35.5 Å². The molecule has 0 fully saturated rings. The van der Waals surface area contributed by atoms with Gasteiger partial charge in [0.25, 0.3) is 11.8 Å². The van der Waals surface area contributed by atoms with E-state index in [-0.39, 0.29) is 25.6 Å². The highest BCUT2D eigenvalue weighted by molar-refractivity contribution is 5.97. The smallest absolute Gasteiger partial charge is 0.267 e. The van der Waals surface area contributed by atoms with E-state index < -0.39 is 17.9 Å². The van der Waals surface area contributed by atoms with Crippen LogP contribution in [0.1, 0.15) is 27.9 Å². The number of hydroxylamine groups is 1. The fourth-order valence-electron chi connectivity index (χ4n) is 2.65. The molecule has 10 nitrogen and oxygen atoms in total. The number of carbonyl (C=O) groups is 3. The van der Waals surface area contributed by atoms with Crippen molar-refractivity contribution in [3.8, 4) is 11.8 Å². The number of hydrogen-bond donors (Lipinski definition) is 7. The maximum Gasteiger partial charge on any atom is 0.267 e. The first-order valence-corrected chi connectivity index (χ1v) is 10.2.